The van der Waals surface area contributed by atoms with Crippen LogP contribution in [0.3, 0.4) is 0 Å². The van der Waals surface area contributed by atoms with Crippen molar-refractivity contribution >= 4 is 0 Å². The van der Waals surface area contributed by atoms with Crippen molar-refractivity contribution in [1.82, 2.24) is 20.0 Å². The van der Waals surface area contributed by atoms with Crippen LogP contribution in [0.4, 0.5) is 0 Å². The number of aryl methyl sites for hydroxylation is 1. The lowest BCUT2D eigenvalue weighted by Crippen LogP contribution is -2.30. The molecule has 0 amide bonds. The van der Waals surface area contributed by atoms with Gasteiger partial charge >= 0.3 is 0 Å². The van der Waals surface area contributed by atoms with Crippen LogP contribution in [-0.2, 0) is 6.54 Å². The Morgan fingerprint density at radius 1 is 1.42 bits per heavy atom. The molecule has 0 bridgehead atoms. The fraction of sp³-hybridized carbons (Fsp3) is 0.800. The van der Waals surface area contributed by atoms with Gasteiger partial charge in [0.05, 0.1) is 12.7 Å². The quantitative estimate of drug-likeness (QED) is 0.814. The summed E-state index contributed by atoms with van der Waals surface area (Å²) in [5.41, 5.74) is 1.25. The van der Waals surface area contributed by atoms with E-state index in [-0.39, 0.29) is 0 Å². The number of nitrogens with one attached hydrogen (secondary N) is 1. The maximum atomic E-state index is 4.34. The summed E-state index contributed by atoms with van der Waals surface area (Å²) in [7, 11) is 0. The summed E-state index contributed by atoms with van der Waals surface area (Å²) in [5.74, 6) is 1.58. The van der Waals surface area contributed by atoms with Crippen LogP contribution < -0.4 is 5.32 Å². The Hall–Kier alpha value is -0.870. The van der Waals surface area contributed by atoms with E-state index in [0.29, 0.717) is 0 Å². The van der Waals surface area contributed by atoms with E-state index in [1.54, 1.807) is 0 Å². The van der Waals surface area contributed by atoms with Crippen LogP contribution in [0.25, 0.3) is 0 Å². The van der Waals surface area contributed by atoms with Gasteiger partial charge in [-0.25, -0.2) is 0 Å². The Bertz CT molecular complexity index is 372. The third-order valence-corrected chi connectivity index (χ3v) is 3.76. The lowest BCUT2D eigenvalue weighted by molar-refractivity contribution is 0.301. The molecule has 1 aliphatic rings. The van der Waals surface area contributed by atoms with E-state index in [1.807, 2.05) is 6.20 Å². The molecular weight excluding hydrogens is 236 g/mol. The number of hydrogen-bond acceptors (Lipinski definition) is 3. The van der Waals surface area contributed by atoms with Crippen molar-refractivity contribution in [2.45, 2.75) is 33.7 Å². The van der Waals surface area contributed by atoms with Gasteiger partial charge in [0.15, 0.2) is 0 Å². The lowest BCUT2D eigenvalue weighted by Gasteiger charge is -2.16. The van der Waals surface area contributed by atoms with Gasteiger partial charge < -0.3 is 10.2 Å². The van der Waals surface area contributed by atoms with Crippen LogP contribution in [0.15, 0.2) is 12.4 Å². The molecule has 4 heteroatoms. The van der Waals surface area contributed by atoms with Gasteiger partial charge in [-0.2, -0.15) is 5.10 Å². The molecular formula is C15H28N4. The third-order valence-electron chi connectivity index (χ3n) is 3.76. The highest BCUT2D eigenvalue weighted by molar-refractivity contribution is 4.99. The minimum atomic E-state index is 0.751. The van der Waals surface area contributed by atoms with Gasteiger partial charge in [-0.05, 0) is 50.4 Å². The second kappa shape index (κ2) is 7.06. The lowest BCUT2D eigenvalue weighted by atomic mass is 10.1. The van der Waals surface area contributed by atoms with Crippen molar-refractivity contribution in [3.8, 4) is 0 Å². The highest BCUT2D eigenvalue weighted by Gasteiger charge is 2.21. The van der Waals surface area contributed by atoms with E-state index < -0.39 is 0 Å². The topological polar surface area (TPSA) is 33.1 Å². The predicted octanol–water partition coefficient (Wildman–Crippen LogP) is 1.76. The van der Waals surface area contributed by atoms with Crippen LogP contribution in [0.5, 0.6) is 0 Å². The molecule has 1 N–H and O–H groups in total. The smallest absolute Gasteiger partial charge is 0.0536 e. The first-order chi connectivity index (χ1) is 9.13. The van der Waals surface area contributed by atoms with Crippen molar-refractivity contribution in [2.24, 2.45) is 11.8 Å². The Balaban J connectivity index is 1.62. The molecule has 2 heterocycles. The number of likely N-dealkylation sites (tertiary alicyclic amines) is 1. The number of nitrogens with zero attached hydrogens (tertiary/aromatic N) is 3. The first-order valence-corrected chi connectivity index (χ1v) is 7.55. The zero-order chi connectivity index (χ0) is 13.7. The van der Waals surface area contributed by atoms with Crippen LogP contribution in [0.1, 0.15) is 25.8 Å². The summed E-state index contributed by atoms with van der Waals surface area (Å²) in [6.07, 6.45) is 5.39. The zero-order valence-corrected chi connectivity index (χ0v) is 12.6. The van der Waals surface area contributed by atoms with E-state index in [9.17, 15) is 0 Å². The summed E-state index contributed by atoms with van der Waals surface area (Å²) < 4.78 is 2.06. The Morgan fingerprint density at radius 3 is 2.95 bits per heavy atom. The molecule has 0 aromatic carbocycles. The molecule has 0 spiro atoms. The molecule has 19 heavy (non-hydrogen) atoms. The van der Waals surface area contributed by atoms with Gasteiger partial charge in [0, 0.05) is 19.3 Å². The normalized spacial score (nSPS) is 20.5. The number of rotatable bonds is 7. The van der Waals surface area contributed by atoms with Crippen molar-refractivity contribution in [3.05, 3.63) is 18.0 Å². The first kappa shape index (κ1) is 14.5. The molecule has 1 aliphatic heterocycles. The predicted molar refractivity (Wildman–Crippen MR) is 79.2 cm³/mol. The van der Waals surface area contributed by atoms with Gasteiger partial charge in [-0.1, -0.05) is 13.8 Å². The van der Waals surface area contributed by atoms with Crippen molar-refractivity contribution in [3.63, 3.8) is 0 Å². The largest absolute Gasteiger partial charge is 0.316 e. The van der Waals surface area contributed by atoms with Crippen molar-refractivity contribution in [1.29, 1.82) is 0 Å². The van der Waals surface area contributed by atoms with E-state index in [2.05, 4.69) is 47.0 Å². The molecule has 0 radical (unpaired) electrons. The Kier molecular flexibility index (Phi) is 5.40. The number of hydrogen-bond donors (Lipinski definition) is 1. The van der Waals surface area contributed by atoms with E-state index in [1.165, 1.54) is 31.6 Å². The monoisotopic (exact) mass is 264 g/mol. The van der Waals surface area contributed by atoms with Gasteiger partial charge in [0.25, 0.3) is 0 Å². The van der Waals surface area contributed by atoms with E-state index >= 15 is 0 Å². The minimum Gasteiger partial charge on any atom is -0.316 e. The zero-order valence-electron chi connectivity index (χ0n) is 12.6. The molecule has 4 nitrogen and oxygen atoms in total. The molecule has 1 atom stereocenters. The molecule has 1 fully saturated rings. The summed E-state index contributed by atoms with van der Waals surface area (Å²) in [6.45, 7) is 13.6. The van der Waals surface area contributed by atoms with E-state index in [0.717, 1.165) is 31.5 Å². The maximum Gasteiger partial charge on any atom is 0.0536 e. The highest BCUT2D eigenvalue weighted by atomic mass is 15.3. The van der Waals surface area contributed by atoms with Crippen LogP contribution in [0.2, 0.25) is 0 Å². The summed E-state index contributed by atoms with van der Waals surface area (Å²) >= 11 is 0. The van der Waals surface area contributed by atoms with E-state index in [4.69, 9.17) is 0 Å². The molecule has 108 valence electrons. The Labute approximate surface area is 117 Å². The van der Waals surface area contributed by atoms with Crippen molar-refractivity contribution < 1.29 is 0 Å². The van der Waals surface area contributed by atoms with Gasteiger partial charge in [-0.3, -0.25) is 4.68 Å². The average Bonchev–Trinajstić information content (AvgIpc) is 2.95. The van der Waals surface area contributed by atoms with Crippen LogP contribution in [-0.4, -0.2) is 47.4 Å². The summed E-state index contributed by atoms with van der Waals surface area (Å²) in [5, 5.41) is 7.92. The molecule has 1 aromatic rings. The fourth-order valence-corrected chi connectivity index (χ4v) is 2.69. The molecule has 2 rings (SSSR count). The second-order valence-corrected chi connectivity index (χ2v) is 6.29. The van der Waals surface area contributed by atoms with Gasteiger partial charge in [-0.15, -0.1) is 0 Å². The van der Waals surface area contributed by atoms with Gasteiger partial charge in [0.1, 0.15) is 0 Å². The first-order valence-electron chi connectivity index (χ1n) is 7.55. The third kappa shape index (κ3) is 4.96. The molecule has 0 saturated carbocycles. The summed E-state index contributed by atoms with van der Waals surface area (Å²) in [6, 6.07) is 0. The summed E-state index contributed by atoms with van der Waals surface area (Å²) in [4.78, 5) is 2.57. The second-order valence-electron chi connectivity index (χ2n) is 6.29. The maximum absolute atomic E-state index is 4.34. The van der Waals surface area contributed by atoms with Crippen LogP contribution >= 0.6 is 0 Å². The molecule has 0 aliphatic carbocycles. The standard InChI is InChI=1S/C15H28N4/c1-13(2)8-16-10-15-4-5-18(12-15)6-7-19-11-14(3)9-17-19/h9,11,13,15-16H,4-8,10,12H2,1-3H3. The Morgan fingerprint density at radius 2 is 2.26 bits per heavy atom. The minimum absolute atomic E-state index is 0.751. The SMILES string of the molecule is Cc1cnn(CCN2CCC(CNCC(C)C)C2)c1. The fourth-order valence-electron chi connectivity index (χ4n) is 2.69. The molecule has 1 aromatic heterocycles. The molecule has 1 saturated heterocycles. The number of aromatic nitrogens is 2. The van der Waals surface area contributed by atoms with Crippen molar-refractivity contribution in [2.75, 3.05) is 32.7 Å². The average molecular weight is 264 g/mol. The van der Waals surface area contributed by atoms with Gasteiger partial charge in [0.2, 0.25) is 0 Å². The molecule has 1 unspecified atom stereocenters. The van der Waals surface area contributed by atoms with Crippen LogP contribution in [0, 0.1) is 18.8 Å². The highest BCUT2D eigenvalue weighted by Crippen LogP contribution is 2.15.